The predicted octanol–water partition coefficient (Wildman–Crippen LogP) is 2.89. The van der Waals surface area contributed by atoms with Crippen molar-refractivity contribution in [1.82, 2.24) is 4.98 Å². The zero-order valence-corrected chi connectivity index (χ0v) is 13.7. The number of esters is 1. The smallest absolute Gasteiger partial charge is 0.337 e. The summed E-state index contributed by atoms with van der Waals surface area (Å²) in [5.41, 5.74) is 1.13. The van der Waals surface area contributed by atoms with Gasteiger partial charge in [0.15, 0.2) is 11.6 Å². The van der Waals surface area contributed by atoms with Gasteiger partial charge in [-0.2, -0.15) is 0 Å². The molecular formula is C20H13NO5. The summed E-state index contributed by atoms with van der Waals surface area (Å²) in [7, 11) is 1.24. The van der Waals surface area contributed by atoms with Gasteiger partial charge in [-0.1, -0.05) is 18.2 Å². The number of Topliss-reactive ketones (excluding diaryl/α,β-unsaturated/α-hetero) is 2. The first-order chi connectivity index (χ1) is 12.5. The number of fused-ring (bicyclic) bond motifs is 2. The van der Waals surface area contributed by atoms with E-state index in [0.717, 1.165) is 0 Å². The standard InChI is InChI=1S/C20H13NO5/c1-26-20(25)11-6-7-12-13(8-11)19(24)16(18(12)23)17-15(22)9-10-4-2-3-5-14(10)21-17/h2-9,16,22H,1H3. The number of methoxy groups -OCH3 is 1. The molecule has 0 aliphatic heterocycles. The molecule has 0 spiro atoms. The van der Waals surface area contributed by atoms with E-state index in [-0.39, 0.29) is 28.1 Å². The van der Waals surface area contributed by atoms with Gasteiger partial charge in [0.25, 0.3) is 0 Å². The Bertz CT molecular complexity index is 1100. The van der Waals surface area contributed by atoms with Crippen LogP contribution < -0.4 is 0 Å². The second-order valence-corrected chi connectivity index (χ2v) is 6.00. The van der Waals surface area contributed by atoms with Gasteiger partial charge in [0.1, 0.15) is 17.4 Å². The minimum atomic E-state index is -1.22. The zero-order valence-electron chi connectivity index (χ0n) is 13.7. The first kappa shape index (κ1) is 16.0. The molecule has 128 valence electrons. The predicted molar refractivity (Wildman–Crippen MR) is 92.6 cm³/mol. The normalized spacial score (nSPS) is 16.0. The number of rotatable bonds is 2. The topological polar surface area (TPSA) is 93.6 Å². The molecule has 3 aromatic rings. The summed E-state index contributed by atoms with van der Waals surface area (Å²) in [4.78, 5) is 41.6. The third kappa shape index (κ3) is 2.27. The molecule has 2 aromatic carbocycles. The molecule has 0 bridgehead atoms. The number of aromatic nitrogens is 1. The highest BCUT2D eigenvalue weighted by molar-refractivity contribution is 6.30. The van der Waals surface area contributed by atoms with Crippen LogP contribution in [0, 0.1) is 0 Å². The van der Waals surface area contributed by atoms with Gasteiger partial charge >= 0.3 is 5.97 Å². The Hall–Kier alpha value is -3.54. The molecular weight excluding hydrogens is 334 g/mol. The van der Waals surface area contributed by atoms with E-state index in [2.05, 4.69) is 9.72 Å². The van der Waals surface area contributed by atoms with Crippen LogP contribution in [0.1, 0.15) is 42.7 Å². The quantitative estimate of drug-likeness (QED) is 0.566. The molecule has 1 unspecified atom stereocenters. The van der Waals surface area contributed by atoms with Crippen LogP contribution in [0.4, 0.5) is 0 Å². The lowest BCUT2D eigenvalue weighted by atomic mass is 9.97. The van der Waals surface area contributed by atoms with E-state index in [1.54, 1.807) is 24.3 Å². The number of carbonyl (C=O) groups is 3. The van der Waals surface area contributed by atoms with Crippen LogP contribution in [-0.2, 0) is 4.74 Å². The summed E-state index contributed by atoms with van der Waals surface area (Å²) >= 11 is 0. The van der Waals surface area contributed by atoms with Crippen molar-refractivity contribution in [1.29, 1.82) is 0 Å². The Kier molecular flexibility index (Phi) is 3.54. The fourth-order valence-electron chi connectivity index (χ4n) is 3.22. The molecule has 1 N–H and O–H groups in total. The van der Waals surface area contributed by atoms with Crippen molar-refractivity contribution in [2.24, 2.45) is 0 Å². The summed E-state index contributed by atoms with van der Waals surface area (Å²) in [6, 6.07) is 12.8. The minimum Gasteiger partial charge on any atom is -0.506 e. The van der Waals surface area contributed by atoms with E-state index in [9.17, 15) is 19.5 Å². The van der Waals surface area contributed by atoms with Crippen LogP contribution in [0.5, 0.6) is 5.75 Å². The number of carbonyl (C=O) groups excluding carboxylic acids is 3. The molecule has 1 aliphatic carbocycles. The molecule has 0 amide bonds. The van der Waals surface area contributed by atoms with Crippen LogP contribution in [0.2, 0.25) is 0 Å². The lowest BCUT2D eigenvalue weighted by Crippen LogP contribution is -2.14. The van der Waals surface area contributed by atoms with E-state index in [0.29, 0.717) is 10.9 Å². The number of hydrogen-bond donors (Lipinski definition) is 1. The maximum atomic E-state index is 12.8. The van der Waals surface area contributed by atoms with Gasteiger partial charge in [-0.05, 0) is 30.3 Å². The Labute approximate surface area is 148 Å². The first-order valence-corrected chi connectivity index (χ1v) is 7.90. The number of para-hydroxylation sites is 1. The summed E-state index contributed by atoms with van der Waals surface area (Å²) in [6.07, 6.45) is 0. The average Bonchev–Trinajstić information content (AvgIpc) is 2.90. The Morgan fingerprint density at radius 2 is 1.77 bits per heavy atom. The van der Waals surface area contributed by atoms with Gasteiger partial charge in [-0.25, -0.2) is 9.78 Å². The second-order valence-electron chi connectivity index (χ2n) is 6.00. The second kappa shape index (κ2) is 5.77. The highest BCUT2D eigenvalue weighted by atomic mass is 16.5. The van der Waals surface area contributed by atoms with Crippen molar-refractivity contribution in [3.05, 3.63) is 70.9 Å². The van der Waals surface area contributed by atoms with Gasteiger partial charge in [0, 0.05) is 16.5 Å². The Morgan fingerprint density at radius 1 is 1.04 bits per heavy atom. The zero-order chi connectivity index (χ0) is 18.4. The van der Waals surface area contributed by atoms with Crippen molar-refractivity contribution in [3.8, 4) is 5.75 Å². The van der Waals surface area contributed by atoms with Gasteiger partial charge in [-0.3, -0.25) is 9.59 Å². The highest BCUT2D eigenvalue weighted by Gasteiger charge is 2.42. The van der Waals surface area contributed by atoms with Crippen LogP contribution >= 0.6 is 0 Å². The summed E-state index contributed by atoms with van der Waals surface area (Å²) in [5.74, 6) is -2.96. The van der Waals surface area contributed by atoms with Gasteiger partial charge in [-0.15, -0.1) is 0 Å². The van der Waals surface area contributed by atoms with Crippen molar-refractivity contribution in [2.45, 2.75) is 5.92 Å². The van der Waals surface area contributed by atoms with E-state index in [1.807, 2.05) is 0 Å². The number of aromatic hydroxyl groups is 1. The molecule has 6 heteroatoms. The lowest BCUT2D eigenvalue weighted by molar-refractivity contribution is 0.0600. The Morgan fingerprint density at radius 3 is 2.54 bits per heavy atom. The minimum absolute atomic E-state index is 0.0227. The third-order valence-corrected chi connectivity index (χ3v) is 4.50. The Balaban J connectivity index is 1.84. The number of nitrogens with zero attached hydrogens (tertiary/aromatic N) is 1. The van der Waals surface area contributed by atoms with Crippen molar-refractivity contribution < 1.29 is 24.2 Å². The number of benzene rings is 2. The summed E-state index contributed by atoms with van der Waals surface area (Å²) < 4.78 is 4.65. The molecule has 4 rings (SSSR count). The number of ether oxygens (including phenoxy) is 1. The number of pyridine rings is 1. The van der Waals surface area contributed by atoms with Crippen LogP contribution in [0.25, 0.3) is 10.9 Å². The molecule has 1 aromatic heterocycles. The van der Waals surface area contributed by atoms with E-state index in [4.69, 9.17) is 0 Å². The molecule has 1 atom stereocenters. The van der Waals surface area contributed by atoms with Crippen molar-refractivity contribution in [3.63, 3.8) is 0 Å². The molecule has 0 saturated carbocycles. The van der Waals surface area contributed by atoms with Crippen LogP contribution in [0.3, 0.4) is 0 Å². The largest absolute Gasteiger partial charge is 0.506 e. The summed E-state index contributed by atoms with van der Waals surface area (Å²) in [6.45, 7) is 0. The van der Waals surface area contributed by atoms with E-state index in [1.165, 1.54) is 31.4 Å². The van der Waals surface area contributed by atoms with Gasteiger partial charge in [0.05, 0.1) is 18.2 Å². The fourth-order valence-corrected chi connectivity index (χ4v) is 3.22. The molecule has 0 saturated heterocycles. The molecule has 0 fully saturated rings. The molecule has 1 heterocycles. The van der Waals surface area contributed by atoms with Crippen LogP contribution in [-0.4, -0.2) is 34.7 Å². The monoisotopic (exact) mass is 347 g/mol. The molecule has 26 heavy (non-hydrogen) atoms. The molecule has 6 nitrogen and oxygen atoms in total. The number of hydrogen-bond acceptors (Lipinski definition) is 6. The highest BCUT2D eigenvalue weighted by Crippen LogP contribution is 2.38. The van der Waals surface area contributed by atoms with Crippen molar-refractivity contribution in [2.75, 3.05) is 7.11 Å². The van der Waals surface area contributed by atoms with Crippen molar-refractivity contribution >= 4 is 28.4 Å². The SMILES string of the molecule is COC(=O)c1ccc2c(c1)C(=O)C(c1nc3ccccc3cc1O)C2=O. The first-order valence-electron chi connectivity index (χ1n) is 7.90. The average molecular weight is 347 g/mol. The third-order valence-electron chi connectivity index (χ3n) is 4.50. The molecule has 0 radical (unpaired) electrons. The van der Waals surface area contributed by atoms with E-state index < -0.39 is 23.5 Å². The maximum Gasteiger partial charge on any atom is 0.337 e. The molecule has 1 aliphatic rings. The maximum absolute atomic E-state index is 12.8. The van der Waals surface area contributed by atoms with Gasteiger partial charge in [0.2, 0.25) is 0 Å². The van der Waals surface area contributed by atoms with Crippen LogP contribution in [0.15, 0.2) is 48.5 Å². The van der Waals surface area contributed by atoms with E-state index >= 15 is 0 Å². The number of ketones is 2. The summed E-state index contributed by atoms with van der Waals surface area (Å²) in [5, 5.41) is 11.0. The fraction of sp³-hybridized carbons (Fsp3) is 0.100. The lowest BCUT2D eigenvalue weighted by Gasteiger charge is -2.10. The van der Waals surface area contributed by atoms with Gasteiger partial charge < -0.3 is 9.84 Å².